The van der Waals surface area contributed by atoms with Gasteiger partial charge in [-0.05, 0) is 69.0 Å². The fourth-order valence-corrected chi connectivity index (χ4v) is 4.37. The summed E-state index contributed by atoms with van der Waals surface area (Å²) in [5.41, 5.74) is 1.79. The lowest BCUT2D eigenvalue weighted by Crippen LogP contribution is -2.53. The molecule has 4 heteroatoms. The van der Waals surface area contributed by atoms with Gasteiger partial charge >= 0.3 is 6.09 Å². The monoisotopic (exact) mass is 367 g/mol. The highest BCUT2D eigenvalue weighted by Gasteiger charge is 2.39. The molecule has 1 amide bonds. The van der Waals surface area contributed by atoms with Crippen molar-refractivity contribution in [3.8, 4) is 0 Å². The molecule has 2 aliphatic rings. The number of carbonyl (C=O) groups is 1. The number of amides is 1. The highest BCUT2D eigenvalue weighted by atomic mass is 19.1. The molecule has 0 aromatic heterocycles. The normalized spacial score (nSPS) is 22.5. The van der Waals surface area contributed by atoms with Crippen molar-refractivity contribution >= 4 is 22.4 Å². The molecule has 0 aliphatic carbocycles. The largest absolute Gasteiger partial charge is 0.444 e. The number of fused-ring (bicyclic) bond motifs is 3. The fourth-order valence-electron chi connectivity index (χ4n) is 4.37. The molecule has 2 aromatic carbocycles. The van der Waals surface area contributed by atoms with E-state index in [1.807, 2.05) is 56.0 Å². The maximum absolute atomic E-state index is 14.2. The van der Waals surface area contributed by atoms with Gasteiger partial charge in [0.2, 0.25) is 0 Å². The molecule has 0 saturated carbocycles. The van der Waals surface area contributed by atoms with Gasteiger partial charge in [0.15, 0.2) is 0 Å². The first-order chi connectivity index (χ1) is 12.8. The van der Waals surface area contributed by atoms with Crippen LogP contribution in [-0.4, -0.2) is 28.7 Å². The molecule has 2 atom stereocenters. The first-order valence-corrected chi connectivity index (χ1v) is 9.73. The first-order valence-electron chi connectivity index (χ1n) is 9.73. The predicted octanol–water partition coefficient (Wildman–Crippen LogP) is 5.92. The van der Waals surface area contributed by atoms with E-state index < -0.39 is 5.60 Å². The standard InChI is InChI=1S/C23H26FNO2/c1-23(2,3)27-22(26)25-16-7-6-8-17(25)14-15(13-16)18-11-12-21(24)20-10-5-4-9-19(18)20/h4-5,9-13,16-17H,6-8,14H2,1-3H3. The molecule has 2 unspecified atom stereocenters. The second-order valence-electron chi connectivity index (χ2n) is 8.58. The average molecular weight is 367 g/mol. The topological polar surface area (TPSA) is 29.5 Å². The number of ether oxygens (including phenoxy) is 1. The van der Waals surface area contributed by atoms with E-state index in [1.54, 1.807) is 6.07 Å². The summed E-state index contributed by atoms with van der Waals surface area (Å²) in [7, 11) is 0. The Morgan fingerprint density at radius 1 is 1.11 bits per heavy atom. The Kier molecular flexibility index (Phi) is 4.45. The number of nitrogens with zero attached hydrogens (tertiary/aromatic N) is 1. The van der Waals surface area contributed by atoms with Crippen LogP contribution in [-0.2, 0) is 4.74 Å². The number of rotatable bonds is 1. The Balaban J connectivity index is 1.71. The van der Waals surface area contributed by atoms with Gasteiger partial charge in [-0.25, -0.2) is 9.18 Å². The second-order valence-corrected chi connectivity index (χ2v) is 8.58. The maximum Gasteiger partial charge on any atom is 0.411 e. The van der Waals surface area contributed by atoms with Crippen LogP contribution in [0.1, 0.15) is 52.0 Å². The van der Waals surface area contributed by atoms with Crippen LogP contribution in [0.25, 0.3) is 16.3 Å². The Hall–Kier alpha value is -2.36. The number of carbonyl (C=O) groups excluding carboxylic acids is 1. The van der Waals surface area contributed by atoms with Crippen LogP contribution in [0.5, 0.6) is 0 Å². The van der Waals surface area contributed by atoms with Crippen molar-refractivity contribution in [1.82, 2.24) is 4.90 Å². The lowest BCUT2D eigenvalue weighted by Gasteiger charge is -2.45. The zero-order valence-electron chi connectivity index (χ0n) is 16.2. The van der Waals surface area contributed by atoms with Gasteiger partial charge in [0, 0.05) is 11.4 Å². The second kappa shape index (κ2) is 6.66. The highest BCUT2D eigenvalue weighted by Crippen LogP contribution is 2.40. The summed E-state index contributed by atoms with van der Waals surface area (Å²) in [4.78, 5) is 14.7. The van der Waals surface area contributed by atoms with Gasteiger partial charge in [-0.15, -0.1) is 0 Å². The van der Waals surface area contributed by atoms with Gasteiger partial charge in [0.05, 0.1) is 6.04 Å². The van der Waals surface area contributed by atoms with E-state index in [0.717, 1.165) is 36.6 Å². The minimum atomic E-state index is -0.497. The lowest BCUT2D eigenvalue weighted by molar-refractivity contribution is 0.0000925. The number of piperidine rings is 1. The number of benzene rings is 2. The molecule has 2 heterocycles. The Labute approximate surface area is 159 Å². The van der Waals surface area contributed by atoms with E-state index in [-0.39, 0.29) is 24.0 Å². The van der Waals surface area contributed by atoms with Crippen LogP contribution >= 0.6 is 0 Å². The molecular formula is C23H26FNO2. The van der Waals surface area contributed by atoms with Crippen molar-refractivity contribution in [3.63, 3.8) is 0 Å². The summed E-state index contributed by atoms with van der Waals surface area (Å²) < 4.78 is 19.8. The van der Waals surface area contributed by atoms with Crippen molar-refractivity contribution in [2.24, 2.45) is 0 Å². The fraction of sp³-hybridized carbons (Fsp3) is 0.435. The zero-order chi connectivity index (χ0) is 19.2. The Morgan fingerprint density at radius 3 is 2.56 bits per heavy atom. The van der Waals surface area contributed by atoms with Crippen molar-refractivity contribution in [3.05, 3.63) is 53.9 Å². The number of halogens is 1. The first kappa shape index (κ1) is 18.0. The predicted molar refractivity (Wildman–Crippen MR) is 106 cm³/mol. The molecule has 0 spiro atoms. The third kappa shape index (κ3) is 3.45. The third-order valence-electron chi connectivity index (χ3n) is 5.46. The van der Waals surface area contributed by atoms with Crippen molar-refractivity contribution in [2.45, 2.75) is 64.1 Å². The van der Waals surface area contributed by atoms with Gasteiger partial charge in [-0.2, -0.15) is 0 Å². The van der Waals surface area contributed by atoms with Crippen LogP contribution in [0.3, 0.4) is 0 Å². The van der Waals surface area contributed by atoms with E-state index in [2.05, 4.69) is 6.08 Å². The van der Waals surface area contributed by atoms with Gasteiger partial charge in [-0.1, -0.05) is 36.4 Å². The SMILES string of the molecule is CC(C)(C)OC(=O)N1C2C=C(c3ccc(F)c4ccccc34)CC1CCC2. The smallest absolute Gasteiger partial charge is 0.411 e. The number of hydrogen-bond acceptors (Lipinski definition) is 2. The molecule has 2 aromatic rings. The Bertz CT molecular complexity index is 912. The third-order valence-corrected chi connectivity index (χ3v) is 5.46. The quantitative estimate of drug-likeness (QED) is 0.626. The minimum absolute atomic E-state index is 0.0474. The van der Waals surface area contributed by atoms with Crippen molar-refractivity contribution < 1.29 is 13.9 Å². The summed E-state index contributed by atoms with van der Waals surface area (Å²) in [6, 6.07) is 11.2. The van der Waals surface area contributed by atoms with Gasteiger partial charge < -0.3 is 4.74 Å². The molecular weight excluding hydrogens is 341 g/mol. The van der Waals surface area contributed by atoms with Crippen molar-refractivity contribution in [1.29, 1.82) is 0 Å². The summed E-state index contributed by atoms with van der Waals surface area (Å²) in [6.07, 6.45) is 5.79. The summed E-state index contributed by atoms with van der Waals surface area (Å²) in [5.74, 6) is -0.193. The van der Waals surface area contributed by atoms with E-state index >= 15 is 0 Å². The zero-order valence-corrected chi connectivity index (χ0v) is 16.2. The van der Waals surface area contributed by atoms with Crippen LogP contribution in [0.4, 0.5) is 9.18 Å². The van der Waals surface area contributed by atoms with Crippen LogP contribution in [0.2, 0.25) is 0 Å². The molecule has 142 valence electrons. The van der Waals surface area contributed by atoms with E-state index in [9.17, 15) is 9.18 Å². The maximum atomic E-state index is 14.2. The molecule has 2 bridgehead atoms. The minimum Gasteiger partial charge on any atom is -0.444 e. The molecule has 1 saturated heterocycles. The summed E-state index contributed by atoms with van der Waals surface area (Å²) in [6.45, 7) is 5.70. The van der Waals surface area contributed by atoms with E-state index in [1.165, 1.54) is 5.57 Å². The summed E-state index contributed by atoms with van der Waals surface area (Å²) in [5, 5.41) is 1.59. The molecule has 4 rings (SSSR count). The average Bonchev–Trinajstić information content (AvgIpc) is 2.60. The van der Waals surface area contributed by atoms with Crippen molar-refractivity contribution in [2.75, 3.05) is 0 Å². The van der Waals surface area contributed by atoms with E-state index in [0.29, 0.717) is 5.39 Å². The molecule has 2 aliphatic heterocycles. The summed E-state index contributed by atoms with van der Waals surface area (Å²) >= 11 is 0. The molecule has 0 radical (unpaired) electrons. The van der Waals surface area contributed by atoms with Crippen LogP contribution in [0, 0.1) is 5.82 Å². The van der Waals surface area contributed by atoms with Crippen LogP contribution in [0.15, 0.2) is 42.5 Å². The van der Waals surface area contributed by atoms with E-state index in [4.69, 9.17) is 4.74 Å². The molecule has 3 nitrogen and oxygen atoms in total. The van der Waals surface area contributed by atoms with Crippen LogP contribution < -0.4 is 0 Å². The lowest BCUT2D eigenvalue weighted by atomic mass is 9.82. The van der Waals surface area contributed by atoms with Gasteiger partial charge in [-0.3, -0.25) is 4.90 Å². The molecule has 1 fully saturated rings. The molecule has 27 heavy (non-hydrogen) atoms. The number of hydrogen-bond donors (Lipinski definition) is 0. The highest BCUT2D eigenvalue weighted by molar-refractivity contribution is 5.94. The van der Waals surface area contributed by atoms with Gasteiger partial charge in [0.1, 0.15) is 11.4 Å². The van der Waals surface area contributed by atoms with Gasteiger partial charge in [0.25, 0.3) is 0 Å². The molecule has 0 N–H and O–H groups in total. The Morgan fingerprint density at radius 2 is 1.85 bits per heavy atom.